The van der Waals surface area contributed by atoms with E-state index >= 15 is 0 Å². The number of carbonyl (C=O) groups excluding carboxylic acids is 1. The Labute approximate surface area is 104 Å². The molecule has 0 amide bonds. The minimum absolute atomic E-state index is 0.185. The van der Waals surface area contributed by atoms with Gasteiger partial charge in [-0.15, -0.1) is 0 Å². The molecule has 0 aliphatic carbocycles. The normalized spacial score (nSPS) is 12.0. The standard InChI is InChI=1S/C14H12O4/c15-13(16)9-11(10-5-2-1-3-6-10)14(17)12-7-4-8-18-12/h1-8,11H,9H2,(H,15,16). The monoisotopic (exact) mass is 244 g/mol. The fourth-order valence-electron chi connectivity index (χ4n) is 1.81. The highest BCUT2D eigenvalue weighted by molar-refractivity contribution is 6.00. The van der Waals surface area contributed by atoms with Gasteiger partial charge in [-0.25, -0.2) is 0 Å². The Bertz CT molecular complexity index is 528. The molecule has 2 rings (SSSR count). The number of carboxylic acids is 1. The van der Waals surface area contributed by atoms with E-state index in [-0.39, 0.29) is 18.0 Å². The predicted octanol–water partition coefficient (Wildman–Crippen LogP) is 2.72. The summed E-state index contributed by atoms with van der Waals surface area (Å²) >= 11 is 0. The summed E-state index contributed by atoms with van der Waals surface area (Å²) in [5.74, 6) is -1.85. The van der Waals surface area contributed by atoms with E-state index in [1.54, 1.807) is 36.4 Å². The first-order valence-electron chi connectivity index (χ1n) is 5.53. The molecule has 0 radical (unpaired) electrons. The predicted molar refractivity (Wildman–Crippen MR) is 64.5 cm³/mol. The summed E-state index contributed by atoms with van der Waals surface area (Å²) in [7, 11) is 0. The van der Waals surface area contributed by atoms with Crippen LogP contribution in [0.1, 0.15) is 28.5 Å². The molecule has 1 aromatic heterocycles. The third-order valence-corrected chi connectivity index (χ3v) is 2.66. The highest BCUT2D eigenvalue weighted by Gasteiger charge is 2.26. The molecule has 4 nitrogen and oxygen atoms in total. The van der Waals surface area contributed by atoms with Crippen LogP contribution in [-0.4, -0.2) is 16.9 Å². The molecule has 0 aliphatic heterocycles. The average molecular weight is 244 g/mol. The number of Topliss-reactive ketones (excluding diaryl/α,β-unsaturated/α-hetero) is 1. The molecule has 1 N–H and O–H groups in total. The van der Waals surface area contributed by atoms with E-state index in [1.165, 1.54) is 6.26 Å². The van der Waals surface area contributed by atoms with Crippen molar-refractivity contribution in [3.05, 3.63) is 60.1 Å². The largest absolute Gasteiger partial charge is 0.481 e. The van der Waals surface area contributed by atoms with Crippen LogP contribution in [0.2, 0.25) is 0 Å². The SMILES string of the molecule is O=C(O)CC(C(=O)c1ccco1)c1ccccc1. The zero-order valence-electron chi connectivity index (χ0n) is 9.58. The molecule has 1 heterocycles. The average Bonchev–Trinajstić information content (AvgIpc) is 2.90. The van der Waals surface area contributed by atoms with Crippen LogP contribution in [0.15, 0.2) is 53.1 Å². The van der Waals surface area contributed by atoms with Gasteiger partial charge in [0.2, 0.25) is 5.78 Å². The summed E-state index contributed by atoms with van der Waals surface area (Å²) in [5.41, 5.74) is 0.682. The van der Waals surface area contributed by atoms with Crippen LogP contribution in [0.5, 0.6) is 0 Å². The number of carbonyl (C=O) groups is 2. The maximum absolute atomic E-state index is 12.2. The smallest absolute Gasteiger partial charge is 0.304 e. The molecule has 0 spiro atoms. The first kappa shape index (κ1) is 12.1. The topological polar surface area (TPSA) is 67.5 Å². The summed E-state index contributed by atoms with van der Waals surface area (Å²) < 4.78 is 5.04. The summed E-state index contributed by atoms with van der Waals surface area (Å²) in [4.78, 5) is 23.1. The summed E-state index contributed by atoms with van der Waals surface area (Å²) in [6.07, 6.45) is 1.15. The minimum Gasteiger partial charge on any atom is -0.481 e. The van der Waals surface area contributed by atoms with Gasteiger partial charge in [0.05, 0.1) is 18.6 Å². The number of furan rings is 1. The highest BCUT2D eigenvalue weighted by Crippen LogP contribution is 2.24. The molecular formula is C14H12O4. The number of ketones is 1. The number of hydrogen-bond acceptors (Lipinski definition) is 3. The molecule has 1 unspecified atom stereocenters. The van der Waals surface area contributed by atoms with E-state index in [0.29, 0.717) is 5.56 Å². The Kier molecular flexibility index (Phi) is 3.57. The van der Waals surface area contributed by atoms with Gasteiger partial charge in [-0.3, -0.25) is 9.59 Å². The highest BCUT2D eigenvalue weighted by atomic mass is 16.4. The van der Waals surface area contributed by atoms with E-state index in [0.717, 1.165) is 0 Å². The van der Waals surface area contributed by atoms with E-state index in [2.05, 4.69) is 0 Å². The van der Waals surface area contributed by atoms with Crippen molar-refractivity contribution in [2.24, 2.45) is 0 Å². The van der Waals surface area contributed by atoms with Crippen LogP contribution in [-0.2, 0) is 4.79 Å². The fraction of sp³-hybridized carbons (Fsp3) is 0.143. The Balaban J connectivity index is 2.31. The Morgan fingerprint density at radius 3 is 2.39 bits per heavy atom. The van der Waals surface area contributed by atoms with Crippen molar-refractivity contribution in [3.8, 4) is 0 Å². The first-order chi connectivity index (χ1) is 8.68. The van der Waals surface area contributed by atoms with E-state index < -0.39 is 11.9 Å². The van der Waals surface area contributed by atoms with Crippen LogP contribution in [0.25, 0.3) is 0 Å². The van der Waals surface area contributed by atoms with Crippen LogP contribution >= 0.6 is 0 Å². The molecule has 0 fully saturated rings. The molecule has 18 heavy (non-hydrogen) atoms. The molecular weight excluding hydrogens is 232 g/mol. The number of rotatable bonds is 5. The van der Waals surface area contributed by atoms with E-state index in [4.69, 9.17) is 9.52 Å². The van der Waals surface area contributed by atoms with Crippen LogP contribution in [0.4, 0.5) is 0 Å². The molecule has 0 saturated carbocycles. The molecule has 4 heteroatoms. The van der Waals surface area contributed by atoms with Crippen LogP contribution in [0.3, 0.4) is 0 Å². The van der Waals surface area contributed by atoms with Crippen molar-refractivity contribution in [3.63, 3.8) is 0 Å². The lowest BCUT2D eigenvalue weighted by Crippen LogP contribution is -2.16. The van der Waals surface area contributed by atoms with Gasteiger partial charge >= 0.3 is 5.97 Å². The van der Waals surface area contributed by atoms with Crippen molar-refractivity contribution >= 4 is 11.8 Å². The van der Waals surface area contributed by atoms with Gasteiger partial charge in [-0.2, -0.15) is 0 Å². The summed E-state index contributed by atoms with van der Waals surface area (Å²) in [6, 6.07) is 12.0. The zero-order valence-corrected chi connectivity index (χ0v) is 9.58. The Morgan fingerprint density at radius 2 is 1.83 bits per heavy atom. The van der Waals surface area contributed by atoms with Gasteiger partial charge in [-0.1, -0.05) is 30.3 Å². The molecule has 0 bridgehead atoms. The second-order valence-electron chi connectivity index (χ2n) is 3.90. The Morgan fingerprint density at radius 1 is 1.11 bits per heavy atom. The number of hydrogen-bond donors (Lipinski definition) is 1. The summed E-state index contributed by atoms with van der Waals surface area (Å²) in [5, 5.41) is 8.91. The van der Waals surface area contributed by atoms with E-state index in [1.807, 2.05) is 6.07 Å². The van der Waals surface area contributed by atoms with Crippen molar-refractivity contribution in [1.29, 1.82) is 0 Å². The molecule has 0 aliphatic rings. The van der Waals surface area contributed by atoms with Gasteiger partial charge in [0.15, 0.2) is 5.76 Å². The van der Waals surface area contributed by atoms with Crippen molar-refractivity contribution in [1.82, 2.24) is 0 Å². The third-order valence-electron chi connectivity index (χ3n) is 2.66. The zero-order chi connectivity index (χ0) is 13.0. The second-order valence-corrected chi connectivity index (χ2v) is 3.90. The van der Waals surface area contributed by atoms with Gasteiger partial charge in [-0.05, 0) is 17.7 Å². The van der Waals surface area contributed by atoms with Crippen molar-refractivity contribution < 1.29 is 19.1 Å². The van der Waals surface area contributed by atoms with Crippen LogP contribution < -0.4 is 0 Å². The number of aliphatic carboxylic acids is 1. The van der Waals surface area contributed by atoms with Gasteiger partial charge < -0.3 is 9.52 Å². The lowest BCUT2D eigenvalue weighted by Gasteiger charge is -2.12. The lowest BCUT2D eigenvalue weighted by molar-refractivity contribution is -0.137. The summed E-state index contributed by atoms with van der Waals surface area (Å²) in [6.45, 7) is 0. The quantitative estimate of drug-likeness (QED) is 0.821. The van der Waals surface area contributed by atoms with Gasteiger partial charge in [0, 0.05) is 0 Å². The maximum Gasteiger partial charge on any atom is 0.304 e. The Hall–Kier alpha value is -2.36. The van der Waals surface area contributed by atoms with Crippen molar-refractivity contribution in [2.75, 3.05) is 0 Å². The van der Waals surface area contributed by atoms with Crippen molar-refractivity contribution in [2.45, 2.75) is 12.3 Å². The fourth-order valence-corrected chi connectivity index (χ4v) is 1.81. The lowest BCUT2D eigenvalue weighted by atomic mass is 9.90. The first-order valence-corrected chi connectivity index (χ1v) is 5.53. The molecule has 92 valence electrons. The number of benzene rings is 1. The van der Waals surface area contributed by atoms with Gasteiger partial charge in [0.25, 0.3) is 0 Å². The minimum atomic E-state index is -1.01. The second kappa shape index (κ2) is 5.31. The van der Waals surface area contributed by atoms with Gasteiger partial charge in [0.1, 0.15) is 0 Å². The number of carboxylic acid groups (broad SMARTS) is 1. The van der Waals surface area contributed by atoms with E-state index in [9.17, 15) is 9.59 Å². The molecule has 1 aromatic carbocycles. The molecule has 2 aromatic rings. The molecule has 0 saturated heterocycles. The van der Waals surface area contributed by atoms with Crippen LogP contribution in [0, 0.1) is 0 Å². The molecule has 1 atom stereocenters. The maximum atomic E-state index is 12.2. The third kappa shape index (κ3) is 2.66.